The first-order valence-electron chi connectivity index (χ1n) is 5.58. The SMILES string of the molecule is COCCCNC(=O)N/C=C/c1ccccc1. The molecule has 92 valence electrons. The second kappa shape index (κ2) is 8.35. The van der Waals surface area contributed by atoms with Crippen LogP contribution in [0.1, 0.15) is 12.0 Å². The van der Waals surface area contributed by atoms with E-state index in [1.807, 2.05) is 36.4 Å². The van der Waals surface area contributed by atoms with E-state index in [2.05, 4.69) is 10.6 Å². The highest BCUT2D eigenvalue weighted by atomic mass is 16.5. The fourth-order valence-corrected chi connectivity index (χ4v) is 1.25. The topological polar surface area (TPSA) is 50.4 Å². The molecule has 0 spiro atoms. The van der Waals surface area contributed by atoms with Gasteiger partial charge in [-0.1, -0.05) is 30.3 Å². The standard InChI is InChI=1S/C13H18N2O2/c1-17-11-5-9-14-13(16)15-10-8-12-6-3-2-4-7-12/h2-4,6-8,10H,5,9,11H2,1H3,(H2,14,15,16)/b10-8+. The molecule has 0 saturated heterocycles. The molecule has 2 N–H and O–H groups in total. The van der Waals surface area contributed by atoms with Crippen molar-refractivity contribution in [3.63, 3.8) is 0 Å². The number of hydrogen-bond acceptors (Lipinski definition) is 2. The number of urea groups is 1. The molecule has 0 aliphatic carbocycles. The summed E-state index contributed by atoms with van der Waals surface area (Å²) in [5, 5.41) is 5.36. The van der Waals surface area contributed by atoms with Gasteiger partial charge in [-0.15, -0.1) is 0 Å². The molecular formula is C13H18N2O2. The lowest BCUT2D eigenvalue weighted by Crippen LogP contribution is -2.33. The van der Waals surface area contributed by atoms with Crippen molar-refractivity contribution in [1.82, 2.24) is 10.6 Å². The maximum Gasteiger partial charge on any atom is 0.318 e. The summed E-state index contributed by atoms with van der Waals surface area (Å²) in [6.45, 7) is 1.26. The minimum atomic E-state index is -0.201. The number of hydrogen-bond donors (Lipinski definition) is 2. The van der Waals surface area contributed by atoms with Crippen molar-refractivity contribution in [2.45, 2.75) is 6.42 Å². The number of rotatable bonds is 6. The molecule has 0 radical (unpaired) electrons. The van der Waals surface area contributed by atoms with Crippen LogP contribution in [-0.2, 0) is 4.74 Å². The van der Waals surface area contributed by atoms with Gasteiger partial charge in [0.2, 0.25) is 0 Å². The van der Waals surface area contributed by atoms with Gasteiger partial charge in [-0.3, -0.25) is 0 Å². The van der Waals surface area contributed by atoms with Crippen LogP contribution in [0.2, 0.25) is 0 Å². The van der Waals surface area contributed by atoms with Crippen LogP contribution in [0.3, 0.4) is 0 Å². The highest BCUT2D eigenvalue weighted by Gasteiger charge is 1.94. The van der Waals surface area contributed by atoms with E-state index in [4.69, 9.17) is 4.74 Å². The van der Waals surface area contributed by atoms with Gasteiger partial charge < -0.3 is 15.4 Å². The minimum Gasteiger partial charge on any atom is -0.385 e. The third-order valence-electron chi connectivity index (χ3n) is 2.10. The highest BCUT2D eigenvalue weighted by Crippen LogP contribution is 1.99. The second-order valence-corrected chi connectivity index (χ2v) is 3.49. The predicted octanol–water partition coefficient (Wildman–Crippen LogP) is 1.99. The van der Waals surface area contributed by atoms with Crippen LogP contribution in [0, 0.1) is 0 Å². The Morgan fingerprint density at radius 3 is 2.82 bits per heavy atom. The van der Waals surface area contributed by atoms with Gasteiger partial charge in [0, 0.05) is 26.5 Å². The molecule has 1 rings (SSSR count). The van der Waals surface area contributed by atoms with Crippen molar-refractivity contribution in [3.05, 3.63) is 42.1 Å². The molecule has 0 heterocycles. The van der Waals surface area contributed by atoms with Crippen LogP contribution in [0.4, 0.5) is 4.79 Å². The monoisotopic (exact) mass is 234 g/mol. The number of carbonyl (C=O) groups excluding carboxylic acids is 1. The molecule has 0 bridgehead atoms. The lowest BCUT2D eigenvalue weighted by atomic mass is 10.2. The normalized spacial score (nSPS) is 10.4. The Labute approximate surface area is 102 Å². The molecule has 4 nitrogen and oxygen atoms in total. The Hall–Kier alpha value is -1.81. The van der Waals surface area contributed by atoms with Gasteiger partial charge in [0.25, 0.3) is 0 Å². The van der Waals surface area contributed by atoms with Crippen molar-refractivity contribution < 1.29 is 9.53 Å². The average Bonchev–Trinajstić information content (AvgIpc) is 2.36. The summed E-state index contributed by atoms with van der Waals surface area (Å²) in [6.07, 6.45) is 4.28. The van der Waals surface area contributed by atoms with E-state index in [0.29, 0.717) is 13.2 Å². The molecule has 0 aromatic heterocycles. The zero-order valence-electron chi connectivity index (χ0n) is 9.98. The first-order chi connectivity index (χ1) is 8.33. The first kappa shape index (κ1) is 13.3. The number of benzene rings is 1. The van der Waals surface area contributed by atoms with Crippen molar-refractivity contribution in [1.29, 1.82) is 0 Å². The molecule has 0 atom stereocenters. The molecule has 1 aromatic rings. The van der Waals surface area contributed by atoms with Gasteiger partial charge in [0.1, 0.15) is 0 Å². The van der Waals surface area contributed by atoms with Crippen molar-refractivity contribution in [2.75, 3.05) is 20.3 Å². The smallest absolute Gasteiger partial charge is 0.318 e. The van der Waals surface area contributed by atoms with Crippen molar-refractivity contribution >= 4 is 12.1 Å². The van der Waals surface area contributed by atoms with Crippen LogP contribution in [-0.4, -0.2) is 26.3 Å². The van der Waals surface area contributed by atoms with Gasteiger partial charge in [-0.2, -0.15) is 0 Å². The summed E-state index contributed by atoms with van der Waals surface area (Å²) >= 11 is 0. The Morgan fingerprint density at radius 1 is 1.35 bits per heavy atom. The number of carbonyl (C=O) groups is 1. The maximum atomic E-state index is 11.3. The number of amides is 2. The Balaban J connectivity index is 2.17. The van der Waals surface area contributed by atoms with Gasteiger partial charge in [-0.25, -0.2) is 4.79 Å². The lowest BCUT2D eigenvalue weighted by Gasteiger charge is -2.03. The summed E-state index contributed by atoms with van der Waals surface area (Å²) in [4.78, 5) is 11.3. The molecule has 0 aliphatic heterocycles. The molecule has 1 aromatic carbocycles. The molecule has 0 fully saturated rings. The second-order valence-electron chi connectivity index (χ2n) is 3.49. The number of methoxy groups -OCH3 is 1. The summed E-state index contributed by atoms with van der Waals surface area (Å²) < 4.78 is 4.88. The van der Waals surface area contributed by atoms with Crippen LogP contribution in [0.25, 0.3) is 6.08 Å². The van der Waals surface area contributed by atoms with E-state index in [-0.39, 0.29) is 6.03 Å². The number of nitrogens with one attached hydrogen (secondary N) is 2. The van der Waals surface area contributed by atoms with E-state index >= 15 is 0 Å². The first-order valence-corrected chi connectivity index (χ1v) is 5.58. The molecule has 2 amide bonds. The molecule has 0 saturated carbocycles. The maximum absolute atomic E-state index is 11.3. The molecule has 17 heavy (non-hydrogen) atoms. The van der Waals surface area contributed by atoms with Crippen LogP contribution in [0.15, 0.2) is 36.5 Å². The van der Waals surface area contributed by atoms with Gasteiger partial charge in [0.05, 0.1) is 0 Å². The average molecular weight is 234 g/mol. The van der Waals surface area contributed by atoms with E-state index < -0.39 is 0 Å². The molecule has 4 heteroatoms. The fourth-order valence-electron chi connectivity index (χ4n) is 1.25. The van der Waals surface area contributed by atoms with E-state index in [0.717, 1.165) is 12.0 Å². The Morgan fingerprint density at radius 2 is 2.12 bits per heavy atom. The largest absolute Gasteiger partial charge is 0.385 e. The third kappa shape index (κ3) is 6.37. The Kier molecular flexibility index (Phi) is 6.51. The zero-order valence-corrected chi connectivity index (χ0v) is 9.98. The highest BCUT2D eigenvalue weighted by molar-refractivity contribution is 5.75. The zero-order chi connectivity index (χ0) is 12.3. The van der Waals surface area contributed by atoms with Gasteiger partial charge in [-0.05, 0) is 18.1 Å². The van der Waals surface area contributed by atoms with Gasteiger partial charge in [0.15, 0.2) is 0 Å². The van der Waals surface area contributed by atoms with E-state index in [9.17, 15) is 4.79 Å². The van der Waals surface area contributed by atoms with Crippen LogP contribution >= 0.6 is 0 Å². The quantitative estimate of drug-likeness (QED) is 0.740. The predicted molar refractivity (Wildman–Crippen MR) is 68.5 cm³/mol. The fraction of sp³-hybridized carbons (Fsp3) is 0.308. The summed E-state index contributed by atoms with van der Waals surface area (Å²) in [6, 6.07) is 9.58. The van der Waals surface area contributed by atoms with E-state index in [1.165, 1.54) is 0 Å². The van der Waals surface area contributed by atoms with Crippen molar-refractivity contribution in [3.8, 4) is 0 Å². The molecular weight excluding hydrogens is 216 g/mol. The summed E-state index contributed by atoms with van der Waals surface area (Å²) in [5.74, 6) is 0. The summed E-state index contributed by atoms with van der Waals surface area (Å²) in [5.41, 5.74) is 1.05. The Bertz CT molecular complexity index is 350. The third-order valence-corrected chi connectivity index (χ3v) is 2.10. The van der Waals surface area contributed by atoms with Gasteiger partial charge >= 0.3 is 6.03 Å². The molecule has 0 unspecified atom stereocenters. The molecule has 0 aliphatic rings. The van der Waals surface area contributed by atoms with Crippen molar-refractivity contribution in [2.24, 2.45) is 0 Å². The van der Waals surface area contributed by atoms with Crippen LogP contribution < -0.4 is 10.6 Å². The van der Waals surface area contributed by atoms with Crippen LogP contribution in [0.5, 0.6) is 0 Å². The summed E-state index contributed by atoms with van der Waals surface area (Å²) in [7, 11) is 1.64. The number of ether oxygens (including phenoxy) is 1. The lowest BCUT2D eigenvalue weighted by molar-refractivity contribution is 0.193. The van der Waals surface area contributed by atoms with E-state index in [1.54, 1.807) is 13.3 Å². The minimum absolute atomic E-state index is 0.201.